The van der Waals surface area contributed by atoms with Crippen LogP contribution in [0.4, 0.5) is 5.69 Å². The number of amides is 1. The minimum atomic E-state index is 0.0158. The molecule has 1 aromatic carbocycles. The van der Waals surface area contributed by atoms with E-state index < -0.39 is 0 Å². The van der Waals surface area contributed by atoms with Gasteiger partial charge in [-0.15, -0.1) is 0 Å². The summed E-state index contributed by atoms with van der Waals surface area (Å²) in [4.78, 5) is 16.3. The van der Waals surface area contributed by atoms with Gasteiger partial charge in [0.25, 0.3) is 0 Å². The molecule has 1 saturated heterocycles. The van der Waals surface area contributed by atoms with Crippen molar-refractivity contribution in [2.75, 3.05) is 39.0 Å². The van der Waals surface area contributed by atoms with Crippen LogP contribution in [0, 0.1) is 5.92 Å². The van der Waals surface area contributed by atoms with E-state index >= 15 is 0 Å². The van der Waals surface area contributed by atoms with Gasteiger partial charge in [0.15, 0.2) is 0 Å². The molecule has 1 aliphatic rings. The third kappa shape index (κ3) is 5.58. The Morgan fingerprint density at radius 1 is 1.33 bits per heavy atom. The molecule has 0 spiro atoms. The Morgan fingerprint density at radius 2 is 2.08 bits per heavy atom. The molecule has 2 rings (SSSR count). The predicted molar refractivity (Wildman–Crippen MR) is 100 cm³/mol. The third-order valence-corrected chi connectivity index (χ3v) is 4.61. The normalized spacial score (nSPS) is 21.6. The van der Waals surface area contributed by atoms with Gasteiger partial charge in [-0.3, -0.25) is 9.69 Å². The predicted octanol–water partition coefficient (Wildman–Crippen LogP) is 2.00. The molecule has 0 bridgehead atoms. The van der Waals surface area contributed by atoms with Crippen LogP contribution in [0.1, 0.15) is 26.3 Å². The molecule has 0 unspecified atom stereocenters. The molecular weight excluding hydrogens is 300 g/mol. The number of rotatable bonds is 7. The van der Waals surface area contributed by atoms with Crippen LogP contribution in [-0.4, -0.2) is 61.5 Å². The molecule has 1 fully saturated rings. The molecule has 0 aromatic heterocycles. The van der Waals surface area contributed by atoms with Crippen molar-refractivity contribution in [3.63, 3.8) is 0 Å². The molecule has 0 aliphatic carbocycles. The SMILES string of the molecule is CC(C)N1C[C@@H](C)[C@@H](NCc2cccc(NC(=O)CN(C)C)c2)C1. The van der Waals surface area contributed by atoms with Crippen molar-refractivity contribution >= 4 is 11.6 Å². The van der Waals surface area contributed by atoms with Crippen LogP contribution in [0.5, 0.6) is 0 Å². The zero-order valence-corrected chi connectivity index (χ0v) is 15.7. The fourth-order valence-electron chi connectivity index (χ4n) is 3.19. The summed E-state index contributed by atoms with van der Waals surface area (Å²) in [7, 11) is 3.78. The standard InChI is InChI=1S/C19H32N4O/c1-14(2)23-11-15(3)18(12-23)20-10-16-7-6-8-17(9-16)21-19(24)13-22(4)5/h6-9,14-15,18,20H,10-13H2,1-5H3,(H,21,24)/t15-,18+/m1/s1. The summed E-state index contributed by atoms with van der Waals surface area (Å²) < 4.78 is 0. The topological polar surface area (TPSA) is 47.6 Å². The first-order chi connectivity index (χ1) is 11.3. The van der Waals surface area contributed by atoms with Crippen LogP contribution in [0.2, 0.25) is 0 Å². The van der Waals surface area contributed by atoms with Gasteiger partial charge in [0.05, 0.1) is 6.54 Å². The Bertz CT molecular complexity index is 544. The summed E-state index contributed by atoms with van der Waals surface area (Å²) >= 11 is 0. The van der Waals surface area contributed by atoms with Crippen molar-refractivity contribution in [3.8, 4) is 0 Å². The van der Waals surface area contributed by atoms with Crippen molar-refractivity contribution in [2.45, 2.75) is 39.4 Å². The second kappa shape index (κ2) is 8.60. The van der Waals surface area contributed by atoms with E-state index in [4.69, 9.17) is 0 Å². The highest BCUT2D eigenvalue weighted by Crippen LogP contribution is 2.19. The van der Waals surface area contributed by atoms with Gasteiger partial charge < -0.3 is 15.5 Å². The molecule has 0 saturated carbocycles. The van der Waals surface area contributed by atoms with E-state index in [1.54, 1.807) is 0 Å². The number of likely N-dealkylation sites (tertiary alicyclic amines) is 1. The average Bonchev–Trinajstić information content (AvgIpc) is 2.86. The zero-order valence-electron chi connectivity index (χ0n) is 15.7. The van der Waals surface area contributed by atoms with Gasteiger partial charge in [0.2, 0.25) is 5.91 Å². The quantitative estimate of drug-likeness (QED) is 0.802. The summed E-state index contributed by atoms with van der Waals surface area (Å²) in [5.41, 5.74) is 2.07. The number of anilines is 1. The molecule has 2 N–H and O–H groups in total. The van der Waals surface area contributed by atoms with Crippen molar-refractivity contribution in [3.05, 3.63) is 29.8 Å². The van der Waals surface area contributed by atoms with E-state index in [1.807, 2.05) is 31.1 Å². The third-order valence-electron chi connectivity index (χ3n) is 4.61. The molecule has 1 amide bonds. The van der Waals surface area contributed by atoms with Gasteiger partial charge in [-0.05, 0) is 51.6 Å². The van der Waals surface area contributed by atoms with Gasteiger partial charge in [-0.1, -0.05) is 19.1 Å². The Balaban J connectivity index is 1.87. The van der Waals surface area contributed by atoms with E-state index in [0.717, 1.165) is 25.3 Å². The first kappa shape index (κ1) is 18.9. The molecule has 24 heavy (non-hydrogen) atoms. The molecule has 1 aliphatic heterocycles. The lowest BCUT2D eigenvalue weighted by molar-refractivity contribution is -0.116. The molecular formula is C19H32N4O. The van der Waals surface area contributed by atoms with Crippen LogP contribution in [0.15, 0.2) is 24.3 Å². The highest BCUT2D eigenvalue weighted by molar-refractivity contribution is 5.92. The van der Waals surface area contributed by atoms with E-state index in [1.165, 1.54) is 5.56 Å². The van der Waals surface area contributed by atoms with E-state index in [-0.39, 0.29) is 5.91 Å². The maximum Gasteiger partial charge on any atom is 0.238 e. The number of nitrogens with zero attached hydrogens (tertiary/aromatic N) is 2. The maximum absolute atomic E-state index is 11.9. The fraction of sp³-hybridized carbons (Fsp3) is 0.632. The second-order valence-corrected chi connectivity index (χ2v) is 7.50. The minimum Gasteiger partial charge on any atom is -0.325 e. The fourth-order valence-corrected chi connectivity index (χ4v) is 3.19. The van der Waals surface area contributed by atoms with Gasteiger partial charge in [0.1, 0.15) is 0 Å². The minimum absolute atomic E-state index is 0.0158. The van der Waals surface area contributed by atoms with Crippen molar-refractivity contribution in [1.82, 2.24) is 15.1 Å². The molecule has 2 atom stereocenters. The number of hydrogen-bond donors (Lipinski definition) is 2. The Hall–Kier alpha value is -1.43. The highest BCUT2D eigenvalue weighted by atomic mass is 16.2. The summed E-state index contributed by atoms with van der Waals surface area (Å²) in [5.74, 6) is 0.678. The first-order valence-corrected chi connectivity index (χ1v) is 8.86. The molecule has 1 heterocycles. The van der Waals surface area contributed by atoms with Gasteiger partial charge in [0, 0.05) is 37.4 Å². The van der Waals surface area contributed by atoms with Crippen molar-refractivity contribution in [1.29, 1.82) is 0 Å². The lowest BCUT2D eigenvalue weighted by Crippen LogP contribution is -2.36. The van der Waals surface area contributed by atoms with E-state index in [0.29, 0.717) is 24.5 Å². The molecule has 0 radical (unpaired) electrons. The van der Waals surface area contributed by atoms with Crippen LogP contribution in [-0.2, 0) is 11.3 Å². The summed E-state index contributed by atoms with van der Waals surface area (Å²) in [6.07, 6.45) is 0. The average molecular weight is 332 g/mol. The molecule has 1 aromatic rings. The van der Waals surface area contributed by atoms with Crippen LogP contribution >= 0.6 is 0 Å². The maximum atomic E-state index is 11.9. The smallest absolute Gasteiger partial charge is 0.238 e. The van der Waals surface area contributed by atoms with Gasteiger partial charge >= 0.3 is 0 Å². The number of carbonyl (C=O) groups is 1. The lowest BCUT2D eigenvalue weighted by atomic mass is 10.1. The Kier molecular flexibility index (Phi) is 6.78. The summed E-state index contributed by atoms with van der Waals surface area (Å²) in [6.45, 7) is 10.3. The van der Waals surface area contributed by atoms with Crippen LogP contribution in [0.3, 0.4) is 0 Å². The number of hydrogen-bond acceptors (Lipinski definition) is 4. The zero-order chi connectivity index (χ0) is 17.7. The number of nitrogens with one attached hydrogen (secondary N) is 2. The number of benzene rings is 1. The largest absolute Gasteiger partial charge is 0.325 e. The van der Waals surface area contributed by atoms with Crippen molar-refractivity contribution < 1.29 is 4.79 Å². The van der Waals surface area contributed by atoms with Gasteiger partial charge in [-0.25, -0.2) is 0 Å². The highest BCUT2D eigenvalue weighted by Gasteiger charge is 2.30. The Labute approximate surface area is 146 Å². The molecule has 5 nitrogen and oxygen atoms in total. The van der Waals surface area contributed by atoms with Crippen LogP contribution in [0.25, 0.3) is 0 Å². The number of carbonyl (C=O) groups excluding carboxylic acids is 1. The monoisotopic (exact) mass is 332 g/mol. The molecule has 134 valence electrons. The lowest BCUT2D eigenvalue weighted by Gasteiger charge is -2.20. The van der Waals surface area contributed by atoms with Crippen LogP contribution < -0.4 is 10.6 Å². The van der Waals surface area contributed by atoms with E-state index in [9.17, 15) is 4.79 Å². The first-order valence-electron chi connectivity index (χ1n) is 8.86. The van der Waals surface area contributed by atoms with Crippen molar-refractivity contribution in [2.24, 2.45) is 5.92 Å². The Morgan fingerprint density at radius 3 is 2.71 bits per heavy atom. The second-order valence-electron chi connectivity index (χ2n) is 7.50. The number of likely N-dealkylation sites (N-methyl/N-ethyl adjacent to an activating group) is 1. The summed E-state index contributed by atoms with van der Waals surface area (Å²) in [6, 6.07) is 9.24. The van der Waals surface area contributed by atoms with Gasteiger partial charge in [-0.2, -0.15) is 0 Å². The summed E-state index contributed by atoms with van der Waals surface area (Å²) in [5, 5.41) is 6.64. The molecule has 5 heteroatoms. The van der Waals surface area contributed by atoms with E-state index in [2.05, 4.69) is 48.4 Å².